The highest BCUT2D eigenvalue weighted by molar-refractivity contribution is 7.12. The van der Waals surface area contributed by atoms with E-state index in [0.29, 0.717) is 27.6 Å². The molecule has 0 spiro atoms. The molecule has 0 bridgehead atoms. The normalized spacial score (nSPS) is 10.5. The van der Waals surface area contributed by atoms with E-state index in [1.807, 2.05) is 47.8 Å². The number of methoxy groups -OCH3 is 1. The van der Waals surface area contributed by atoms with Crippen LogP contribution in [0.2, 0.25) is 0 Å². The number of carbonyl (C=O) groups is 2. The summed E-state index contributed by atoms with van der Waals surface area (Å²) in [6, 6.07) is 22.1. The summed E-state index contributed by atoms with van der Waals surface area (Å²) in [5, 5.41) is 9.52. The Morgan fingerprint density at radius 3 is 2.14 bits per heavy atom. The molecule has 5 nitrogen and oxygen atoms in total. The van der Waals surface area contributed by atoms with Crippen molar-refractivity contribution in [3.63, 3.8) is 0 Å². The zero-order valence-electron chi connectivity index (χ0n) is 15.6. The average molecular weight is 402 g/mol. The molecule has 0 aliphatic carbocycles. The van der Waals surface area contributed by atoms with Gasteiger partial charge in [-0.05, 0) is 52.6 Å². The Balaban J connectivity index is 1.56. The van der Waals surface area contributed by atoms with Crippen LogP contribution in [-0.2, 0) is 0 Å². The number of thiophene rings is 1. The summed E-state index contributed by atoms with van der Waals surface area (Å²) >= 11 is 1.37. The maximum atomic E-state index is 12.9. The Kier molecular flexibility index (Phi) is 5.27. The quantitative estimate of drug-likeness (QED) is 0.469. The molecule has 4 rings (SSSR count). The van der Waals surface area contributed by atoms with Crippen LogP contribution in [0.4, 0.5) is 11.4 Å². The van der Waals surface area contributed by atoms with Crippen molar-refractivity contribution in [2.75, 3.05) is 17.7 Å². The van der Waals surface area contributed by atoms with Gasteiger partial charge in [0, 0.05) is 11.4 Å². The number of amides is 2. The van der Waals surface area contributed by atoms with E-state index in [9.17, 15) is 9.59 Å². The summed E-state index contributed by atoms with van der Waals surface area (Å²) < 4.78 is 5.41. The monoisotopic (exact) mass is 402 g/mol. The van der Waals surface area contributed by atoms with Gasteiger partial charge in [-0.2, -0.15) is 0 Å². The molecule has 2 N–H and O–H groups in total. The highest BCUT2D eigenvalue weighted by Crippen LogP contribution is 2.27. The maximum absolute atomic E-state index is 12.9. The Labute approximate surface area is 171 Å². The molecule has 6 heteroatoms. The number of hydrogen-bond acceptors (Lipinski definition) is 4. The third-order valence-corrected chi connectivity index (χ3v) is 5.30. The summed E-state index contributed by atoms with van der Waals surface area (Å²) in [7, 11) is 1.54. The minimum atomic E-state index is -0.283. The predicted octanol–water partition coefficient (Wildman–Crippen LogP) is 5.41. The van der Waals surface area contributed by atoms with Crippen LogP contribution in [0, 0.1) is 0 Å². The van der Waals surface area contributed by atoms with Gasteiger partial charge in [0.25, 0.3) is 11.8 Å². The Morgan fingerprint density at radius 2 is 1.48 bits per heavy atom. The molecular weight excluding hydrogens is 384 g/mol. The molecule has 4 aromatic rings. The molecule has 0 saturated carbocycles. The topological polar surface area (TPSA) is 67.4 Å². The lowest BCUT2D eigenvalue weighted by Gasteiger charge is -2.12. The third-order valence-electron chi connectivity index (χ3n) is 4.44. The summed E-state index contributed by atoms with van der Waals surface area (Å²) in [6.45, 7) is 0. The maximum Gasteiger partial charge on any atom is 0.265 e. The lowest BCUT2D eigenvalue weighted by Crippen LogP contribution is -2.14. The van der Waals surface area contributed by atoms with Crippen LogP contribution in [0.1, 0.15) is 20.0 Å². The van der Waals surface area contributed by atoms with Gasteiger partial charge in [-0.25, -0.2) is 0 Å². The predicted molar refractivity (Wildman–Crippen MR) is 117 cm³/mol. The summed E-state index contributed by atoms with van der Waals surface area (Å²) in [5.41, 5.74) is 1.63. The van der Waals surface area contributed by atoms with Crippen molar-refractivity contribution in [3.05, 3.63) is 88.6 Å². The summed E-state index contributed by atoms with van der Waals surface area (Å²) in [6.07, 6.45) is 0. The molecule has 0 unspecified atom stereocenters. The van der Waals surface area contributed by atoms with Gasteiger partial charge < -0.3 is 15.4 Å². The number of ether oxygens (including phenoxy) is 1. The van der Waals surface area contributed by atoms with Gasteiger partial charge in [0.15, 0.2) is 0 Å². The first-order valence-electron chi connectivity index (χ1n) is 8.97. The van der Waals surface area contributed by atoms with Crippen molar-refractivity contribution in [2.24, 2.45) is 0 Å². The molecule has 29 heavy (non-hydrogen) atoms. The van der Waals surface area contributed by atoms with E-state index >= 15 is 0 Å². The van der Waals surface area contributed by atoms with Gasteiger partial charge >= 0.3 is 0 Å². The Bertz CT molecular complexity index is 1190. The van der Waals surface area contributed by atoms with Crippen molar-refractivity contribution < 1.29 is 14.3 Å². The fraction of sp³-hybridized carbons (Fsp3) is 0.0435. The Morgan fingerprint density at radius 1 is 0.793 bits per heavy atom. The van der Waals surface area contributed by atoms with Gasteiger partial charge in [0.05, 0.1) is 17.6 Å². The number of rotatable bonds is 5. The standard InChI is InChI=1S/C23H18N2O3S/c1-28-20-13-16-7-3-2-6-15(16)12-19(20)22(26)24-17-8-4-9-18(14-17)25-23(27)21-10-5-11-29-21/h2-14H,1H3,(H,24,26)(H,25,27). The van der Waals surface area contributed by atoms with Gasteiger partial charge in [-0.1, -0.05) is 36.4 Å². The van der Waals surface area contributed by atoms with E-state index in [1.54, 1.807) is 37.4 Å². The number of benzene rings is 3. The smallest absolute Gasteiger partial charge is 0.265 e. The van der Waals surface area contributed by atoms with Crippen LogP contribution in [-0.4, -0.2) is 18.9 Å². The molecule has 3 aromatic carbocycles. The van der Waals surface area contributed by atoms with Gasteiger partial charge in [-0.3, -0.25) is 9.59 Å². The van der Waals surface area contributed by atoms with E-state index in [-0.39, 0.29) is 11.8 Å². The number of nitrogens with one attached hydrogen (secondary N) is 2. The lowest BCUT2D eigenvalue weighted by atomic mass is 10.1. The fourth-order valence-corrected chi connectivity index (χ4v) is 3.66. The van der Waals surface area contributed by atoms with Gasteiger partial charge in [0.2, 0.25) is 0 Å². The van der Waals surface area contributed by atoms with E-state index in [4.69, 9.17) is 4.74 Å². The molecule has 1 heterocycles. The van der Waals surface area contributed by atoms with Crippen LogP contribution >= 0.6 is 11.3 Å². The number of hydrogen-bond donors (Lipinski definition) is 2. The molecule has 0 radical (unpaired) electrons. The van der Waals surface area contributed by atoms with Gasteiger partial charge in [0.1, 0.15) is 5.75 Å². The second-order valence-electron chi connectivity index (χ2n) is 6.37. The largest absolute Gasteiger partial charge is 0.496 e. The summed E-state index contributed by atoms with van der Waals surface area (Å²) in [4.78, 5) is 25.7. The van der Waals surface area contributed by atoms with Gasteiger partial charge in [-0.15, -0.1) is 11.3 Å². The van der Waals surface area contributed by atoms with Crippen molar-refractivity contribution >= 4 is 45.3 Å². The zero-order chi connectivity index (χ0) is 20.2. The molecule has 0 fully saturated rings. The van der Waals surface area contributed by atoms with E-state index in [2.05, 4.69) is 10.6 Å². The van der Waals surface area contributed by atoms with E-state index in [1.165, 1.54) is 11.3 Å². The molecule has 2 amide bonds. The van der Waals surface area contributed by atoms with Crippen molar-refractivity contribution in [1.29, 1.82) is 0 Å². The average Bonchev–Trinajstić information content (AvgIpc) is 3.28. The zero-order valence-corrected chi connectivity index (χ0v) is 16.5. The molecule has 0 aliphatic rings. The molecule has 1 aromatic heterocycles. The first-order chi connectivity index (χ1) is 14.1. The molecule has 0 aliphatic heterocycles. The van der Waals surface area contributed by atoms with Crippen LogP contribution in [0.25, 0.3) is 10.8 Å². The third kappa shape index (κ3) is 4.12. The van der Waals surface area contributed by atoms with Crippen molar-refractivity contribution in [2.45, 2.75) is 0 Å². The highest BCUT2D eigenvalue weighted by Gasteiger charge is 2.14. The molecule has 0 saturated heterocycles. The van der Waals surface area contributed by atoms with E-state index in [0.717, 1.165) is 10.8 Å². The summed E-state index contributed by atoms with van der Waals surface area (Å²) in [5.74, 6) is 0.0392. The van der Waals surface area contributed by atoms with E-state index < -0.39 is 0 Å². The Hall–Kier alpha value is -3.64. The first kappa shape index (κ1) is 18.7. The molecular formula is C23H18N2O3S. The minimum Gasteiger partial charge on any atom is -0.496 e. The lowest BCUT2D eigenvalue weighted by molar-refractivity contribution is 0.101. The van der Waals surface area contributed by atoms with Crippen molar-refractivity contribution in [1.82, 2.24) is 0 Å². The van der Waals surface area contributed by atoms with Crippen LogP contribution in [0.15, 0.2) is 78.2 Å². The number of fused-ring (bicyclic) bond motifs is 1. The van der Waals surface area contributed by atoms with Crippen molar-refractivity contribution in [3.8, 4) is 5.75 Å². The fourth-order valence-electron chi connectivity index (χ4n) is 3.04. The number of anilines is 2. The SMILES string of the molecule is COc1cc2ccccc2cc1C(=O)Nc1cccc(NC(=O)c2cccs2)c1. The first-order valence-corrected chi connectivity index (χ1v) is 9.85. The van der Waals surface area contributed by atoms with Crippen LogP contribution in [0.3, 0.4) is 0 Å². The number of carbonyl (C=O) groups excluding carboxylic acids is 2. The molecule has 144 valence electrons. The molecule has 0 atom stereocenters. The van der Waals surface area contributed by atoms with Crippen LogP contribution in [0.5, 0.6) is 5.75 Å². The van der Waals surface area contributed by atoms with Crippen LogP contribution < -0.4 is 15.4 Å². The second-order valence-corrected chi connectivity index (χ2v) is 7.31. The highest BCUT2D eigenvalue weighted by atomic mass is 32.1. The second kappa shape index (κ2) is 8.16. The minimum absolute atomic E-state index is 0.181.